The second kappa shape index (κ2) is 20.7. The Balaban J connectivity index is 1.35. The largest absolute Gasteiger partial charge is 0.494 e. The van der Waals surface area contributed by atoms with Crippen molar-refractivity contribution in [2.24, 2.45) is 0 Å². The van der Waals surface area contributed by atoms with Crippen molar-refractivity contribution in [2.45, 2.75) is 117 Å². The minimum Gasteiger partial charge on any atom is -0.494 e. The molecule has 0 aliphatic rings. The lowest BCUT2D eigenvalue weighted by molar-refractivity contribution is 0.0627. The number of rotatable bonds is 22. The third kappa shape index (κ3) is 13.4. The standard InChI is InChI=1S/C39H54O4/c1-4-6-8-10-11-12-13-14-15-17-30-41-32(3)33-18-20-34(21-19-33)35-22-28-38(29-23-35)43-39(40)36-24-26-37(27-25-36)42-31-16-9-7-5-2/h18-29,32H,4-17,30-31H2,1-3H3. The zero-order valence-corrected chi connectivity index (χ0v) is 27.0. The zero-order chi connectivity index (χ0) is 30.5. The molecule has 0 aromatic heterocycles. The number of carbonyl (C=O) groups excluding carboxylic acids is 1. The molecule has 3 aromatic carbocycles. The summed E-state index contributed by atoms with van der Waals surface area (Å²) in [4.78, 5) is 12.6. The van der Waals surface area contributed by atoms with E-state index in [1.54, 1.807) is 12.1 Å². The molecule has 0 spiro atoms. The fourth-order valence-electron chi connectivity index (χ4n) is 5.18. The van der Waals surface area contributed by atoms with E-state index in [0.29, 0.717) is 17.9 Å². The van der Waals surface area contributed by atoms with Crippen molar-refractivity contribution in [3.05, 3.63) is 83.9 Å². The van der Waals surface area contributed by atoms with Crippen LogP contribution in [0, 0.1) is 0 Å². The number of carbonyl (C=O) groups is 1. The molecule has 1 atom stereocenters. The van der Waals surface area contributed by atoms with Crippen molar-refractivity contribution in [3.8, 4) is 22.6 Å². The summed E-state index contributed by atoms with van der Waals surface area (Å²) >= 11 is 0. The minimum absolute atomic E-state index is 0.0841. The van der Waals surface area contributed by atoms with Crippen molar-refractivity contribution in [3.63, 3.8) is 0 Å². The van der Waals surface area contributed by atoms with Gasteiger partial charge in [-0.05, 0) is 72.9 Å². The maximum atomic E-state index is 12.6. The molecule has 4 nitrogen and oxygen atoms in total. The highest BCUT2D eigenvalue weighted by molar-refractivity contribution is 5.91. The fraction of sp³-hybridized carbons (Fsp3) is 0.513. The van der Waals surface area contributed by atoms with Crippen molar-refractivity contribution in [2.75, 3.05) is 13.2 Å². The Bertz CT molecular complexity index is 1140. The predicted molar refractivity (Wildman–Crippen MR) is 179 cm³/mol. The first-order valence-electron chi connectivity index (χ1n) is 16.9. The van der Waals surface area contributed by atoms with Crippen molar-refractivity contribution >= 4 is 5.97 Å². The van der Waals surface area contributed by atoms with E-state index < -0.39 is 0 Å². The topological polar surface area (TPSA) is 44.8 Å². The molecular weight excluding hydrogens is 532 g/mol. The van der Waals surface area contributed by atoms with Crippen molar-refractivity contribution < 1.29 is 19.0 Å². The van der Waals surface area contributed by atoms with Crippen LogP contribution in [0.2, 0.25) is 0 Å². The highest BCUT2D eigenvalue weighted by Crippen LogP contribution is 2.26. The maximum absolute atomic E-state index is 12.6. The van der Waals surface area contributed by atoms with Gasteiger partial charge >= 0.3 is 5.97 Å². The molecule has 1 unspecified atom stereocenters. The Morgan fingerprint density at radius 1 is 0.558 bits per heavy atom. The molecule has 0 fully saturated rings. The Morgan fingerprint density at radius 3 is 1.60 bits per heavy atom. The first kappa shape index (κ1) is 34.4. The van der Waals surface area contributed by atoms with Gasteiger partial charge in [-0.2, -0.15) is 0 Å². The summed E-state index contributed by atoms with van der Waals surface area (Å²) in [5.41, 5.74) is 3.89. The Hall–Kier alpha value is -3.11. The number of unbranched alkanes of at least 4 members (excludes halogenated alkanes) is 12. The van der Waals surface area contributed by atoms with Gasteiger partial charge < -0.3 is 14.2 Å². The number of hydrogen-bond donors (Lipinski definition) is 0. The zero-order valence-electron chi connectivity index (χ0n) is 27.0. The molecule has 234 valence electrons. The van der Waals surface area contributed by atoms with Gasteiger partial charge in [-0.1, -0.05) is 127 Å². The summed E-state index contributed by atoms with van der Waals surface area (Å²) < 4.78 is 17.5. The quantitative estimate of drug-likeness (QED) is 0.0667. The molecule has 3 rings (SSSR count). The van der Waals surface area contributed by atoms with E-state index in [4.69, 9.17) is 14.2 Å². The molecule has 0 radical (unpaired) electrons. The molecule has 4 heteroatoms. The SMILES string of the molecule is CCCCCCCCCCCCOC(C)c1ccc(-c2ccc(OC(=O)c3ccc(OCCCCCC)cc3)cc2)cc1. The van der Waals surface area contributed by atoms with Crippen molar-refractivity contribution in [1.82, 2.24) is 0 Å². The third-order valence-corrected chi connectivity index (χ3v) is 8.00. The third-order valence-electron chi connectivity index (χ3n) is 8.00. The van der Waals surface area contributed by atoms with E-state index in [2.05, 4.69) is 45.0 Å². The van der Waals surface area contributed by atoms with Gasteiger partial charge in [-0.25, -0.2) is 4.79 Å². The van der Waals surface area contributed by atoms with Gasteiger partial charge in [-0.3, -0.25) is 0 Å². The molecule has 0 saturated carbocycles. The van der Waals surface area contributed by atoms with Crippen molar-refractivity contribution in [1.29, 1.82) is 0 Å². The summed E-state index contributed by atoms with van der Waals surface area (Å²) in [7, 11) is 0. The molecule has 3 aromatic rings. The van der Waals surface area contributed by atoms with E-state index in [0.717, 1.165) is 36.3 Å². The normalized spacial score (nSPS) is 11.8. The van der Waals surface area contributed by atoms with E-state index in [9.17, 15) is 4.79 Å². The van der Waals surface area contributed by atoms with Crippen LogP contribution < -0.4 is 9.47 Å². The van der Waals surface area contributed by atoms with Gasteiger partial charge in [-0.15, -0.1) is 0 Å². The molecule has 0 aliphatic heterocycles. The molecule has 0 aliphatic carbocycles. The van der Waals surface area contributed by atoms with Gasteiger partial charge in [0.2, 0.25) is 0 Å². The van der Waals surface area contributed by atoms with Gasteiger partial charge in [0, 0.05) is 6.61 Å². The summed E-state index contributed by atoms with van der Waals surface area (Å²) in [6.45, 7) is 8.11. The average molecular weight is 587 g/mol. The van der Waals surface area contributed by atoms with Crippen LogP contribution in [0.5, 0.6) is 11.5 Å². The molecular formula is C39H54O4. The van der Waals surface area contributed by atoms with Gasteiger partial charge in [0.1, 0.15) is 11.5 Å². The van der Waals surface area contributed by atoms with Crippen LogP contribution in [-0.2, 0) is 4.74 Å². The summed E-state index contributed by atoms with van der Waals surface area (Å²) in [6.07, 6.45) is 18.1. The number of ether oxygens (including phenoxy) is 3. The maximum Gasteiger partial charge on any atom is 0.343 e. The highest BCUT2D eigenvalue weighted by atomic mass is 16.5. The van der Waals surface area contributed by atoms with E-state index in [-0.39, 0.29) is 12.1 Å². The number of esters is 1. The first-order valence-corrected chi connectivity index (χ1v) is 16.9. The molecule has 0 bridgehead atoms. The molecule has 43 heavy (non-hydrogen) atoms. The van der Waals surface area contributed by atoms with Crippen LogP contribution in [0.1, 0.15) is 133 Å². The Morgan fingerprint density at radius 2 is 1.02 bits per heavy atom. The Labute approximate surface area is 261 Å². The van der Waals surface area contributed by atoms with E-state index >= 15 is 0 Å². The van der Waals surface area contributed by atoms with Crippen LogP contribution in [0.25, 0.3) is 11.1 Å². The summed E-state index contributed by atoms with van der Waals surface area (Å²) in [6, 6.07) is 23.4. The average Bonchev–Trinajstić information content (AvgIpc) is 3.04. The lowest BCUT2D eigenvalue weighted by Crippen LogP contribution is -2.08. The highest BCUT2D eigenvalue weighted by Gasteiger charge is 2.10. The lowest BCUT2D eigenvalue weighted by Gasteiger charge is -2.14. The van der Waals surface area contributed by atoms with E-state index in [1.165, 1.54) is 82.6 Å². The number of hydrogen-bond acceptors (Lipinski definition) is 4. The smallest absolute Gasteiger partial charge is 0.343 e. The molecule has 0 amide bonds. The van der Waals surface area contributed by atoms with Crippen LogP contribution in [-0.4, -0.2) is 19.2 Å². The van der Waals surface area contributed by atoms with Gasteiger partial charge in [0.25, 0.3) is 0 Å². The van der Waals surface area contributed by atoms with Crippen LogP contribution in [0.3, 0.4) is 0 Å². The molecule has 0 saturated heterocycles. The second-order valence-corrected chi connectivity index (χ2v) is 11.7. The van der Waals surface area contributed by atoms with Crippen LogP contribution in [0.4, 0.5) is 0 Å². The van der Waals surface area contributed by atoms with Gasteiger partial charge in [0.05, 0.1) is 18.3 Å². The monoisotopic (exact) mass is 586 g/mol. The minimum atomic E-state index is -0.376. The fourth-order valence-corrected chi connectivity index (χ4v) is 5.18. The first-order chi connectivity index (χ1) is 21.1. The molecule has 0 heterocycles. The number of benzene rings is 3. The lowest BCUT2D eigenvalue weighted by atomic mass is 10.0. The summed E-state index contributed by atoms with van der Waals surface area (Å²) in [5, 5.41) is 0. The second-order valence-electron chi connectivity index (χ2n) is 11.7. The predicted octanol–water partition coefficient (Wildman–Crippen LogP) is 11.5. The van der Waals surface area contributed by atoms with Crippen LogP contribution >= 0.6 is 0 Å². The Kier molecular flexibility index (Phi) is 16.6. The van der Waals surface area contributed by atoms with Crippen LogP contribution in [0.15, 0.2) is 72.8 Å². The van der Waals surface area contributed by atoms with E-state index in [1.807, 2.05) is 36.4 Å². The molecule has 0 N–H and O–H groups in total. The summed E-state index contributed by atoms with van der Waals surface area (Å²) in [5.74, 6) is 0.924. The van der Waals surface area contributed by atoms with Gasteiger partial charge in [0.15, 0.2) is 0 Å².